The van der Waals surface area contributed by atoms with Crippen molar-refractivity contribution in [2.75, 3.05) is 13.2 Å². The molecule has 3 heteroatoms. The van der Waals surface area contributed by atoms with Gasteiger partial charge >= 0.3 is 5.97 Å². The smallest absolute Gasteiger partial charge is 0.338 e. The summed E-state index contributed by atoms with van der Waals surface area (Å²) in [6, 6.07) is 8.15. The van der Waals surface area contributed by atoms with E-state index < -0.39 is 0 Å². The molecule has 0 bridgehead atoms. The summed E-state index contributed by atoms with van der Waals surface area (Å²) in [5.41, 5.74) is 1.84. The molecule has 0 amide bonds. The van der Waals surface area contributed by atoms with Crippen LogP contribution in [-0.2, 0) is 4.74 Å². The fraction of sp³-hybridized carbons (Fsp3) is 0.500. The minimum atomic E-state index is -0.231. The number of nitrogens with one attached hydrogen (secondary N) is 1. The highest BCUT2D eigenvalue weighted by Crippen LogP contribution is 2.23. The van der Waals surface area contributed by atoms with Crippen molar-refractivity contribution in [3.05, 3.63) is 35.4 Å². The zero-order valence-corrected chi connectivity index (χ0v) is 10.2. The molecule has 0 aromatic heterocycles. The summed E-state index contributed by atoms with van der Waals surface area (Å²) >= 11 is 0. The Labute approximate surface area is 102 Å². The SMILES string of the molecule is CCOC(=O)c1cccc(C2CCCCN2)c1. The molecule has 3 nitrogen and oxygen atoms in total. The molecule has 1 fully saturated rings. The second-order valence-corrected chi connectivity index (χ2v) is 4.35. The largest absolute Gasteiger partial charge is 0.462 e. The summed E-state index contributed by atoms with van der Waals surface area (Å²) in [5, 5.41) is 3.48. The Morgan fingerprint density at radius 1 is 1.47 bits per heavy atom. The number of carbonyl (C=O) groups excluding carboxylic acids is 1. The highest BCUT2D eigenvalue weighted by molar-refractivity contribution is 5.89. The third kappa shape index (κ3) is 3.07. The average Bonchev–Trinajstić information content (AvgIpc) is 2.40. The highest BCUT2D eigenvalue weighted by Gasteiger charge is 2.16. The number of benzene rings is 1. The summed E-state index contributed by atoms with van der Waals surface area (Å²) in [6.45, 7) is 3.31. The van der Waals surface area contributed by atoms with E-state index in [9.17, 15) is 4.79 Å². The van der Waals surface area contributed by atoms with Crippen LogP contribution in [0.1, 0.15) is 48.1 Å². The van der Waals surface area contributed by atoms with Crippen LogP contribution in [0.5, 0.6) is 0 Å². The van der Waals surface area contributed by atoms with E-state index in [1.54, 1.807) is 0 Å². The molecule has 1 heterocycles. The first-order valence-electron chi connectivity index (χ1n) is 6.31. The fourth-order valence-corrected chi connectivity index (χ4v) is 2.23. The predicted molar refractivity (Wildman–Crippen MR) is 67.0 cm³/mol. The first-order valence-corrected chi connectivity index (χ1v) is 6.31. The molecule has 0 radical (unpaired) electrons. The average molecular weight is 233 g/mol. The van der Waals surface area contributed by atoms with Gasteiger partial charge in [0.15, 0.2) is 0 Å². The Morgan fingerprint density at radius 3 is 3.06 bits per heavy atom. The molecule has 0 aliphatic carbocycles. The van der Waals surface area contributed by atoms with Crippen molar-refractivity contribution >= 4 is 5.97 Å². The summed E-state index contributed by atoms with van der Waals surface area (Å²) in [7, 11) is 0. The molecule has 0 spiro atoms. The first kappa shape index (κ1) is 12.1. The van der Waals surface area contributed by atoms with Crippen molar-refractivity contribution in [1.29, 1.82) is 0 Å². The van der Waals surface area contributed by atoms with Gasteiger partial charge in [-0.1, -0.05) is 18.6 Å². The molecule has 2 rings (SSSR count). The van der Waals surface area contributed by atoms with Gasteiger partial charge in [0, 0.05) is 6.04 Å². The summed E-state index contributed by atoms with van der Waals surface area (Å²) in [5.74, 6) is -0.231. The van der Waals surface area contributed by atoms with Crippen LogP contribution in [0.2, 0.25) is 0 Å². The van der Waals surface area contributed by atoms with E-state index in [0.717, 1.165) is 13.0 Å². The van der Waals surface area contributed by atoms with Crippen LogP contribution in [0.25, 0.3) is 0 Å². The van der Waals surface area contributed by atoms with Gasteiger partial charge in [0.05, 0.1) is 12.2 Å². The molecule has 1 unspecified atom stereocenters. The van der Waals surface area contributed by atoms with E-state index in [4.69, 9.17) is 4.74 Å². The Kier molecular flexibility index (Phi) is 4.15. The number of piperidine rings is 1. The van der Waals surface area contributed by atoms with Crippen molar-refractivity contribution < 1.29 is 9.53 Å². The molecular formula is C14H19NO2. The standard InChI is InChI=1S/C14H19NO2/c1-2-17-14(16)12-7-5-6-11(10-12)13-8-3-4-9-15-13/h5-7,10,13,15H,2-4,8-9H2,1H3. The van der Waals surface area contributed by atoms with Crippen LogP contribution >= 0.6 is 0 Å². The van der Waals surface area contributed by atoms with Crippen LogP contribution < -0.4 is 5.32 Å². The van der Waals surface area contributed by atoms with Gasteiger partial charge in [-0.15, -0.1) is 0 Å². The van der Waals surface area contributed by atoms with Gasteiger partial charge in [-0.25, -0.2) is 4.79 Å². The molecule has 1 saturated heterocycles. The zero-order valence-electron chi connectivity index (χ0n) is 10.2. The third-order valence-electron chi connectivity index (χ3n) is 3.11. The van der Waals surface area contributed by atoms with Gasteiger partial charge in [-0.05, 0) is 44.0 Å². The maximum atomic E-state index is 11.6. The number of rotatable bonds is 3. The number of esters is 1. The van der Waals surface area contributed by atoms with E-state index >= 15 is 0 Å². The van der Waals surface area contributed by atoms with Gasteiger partial charge < -0.3 is 10.1 Å². The Hall–Kier alpha value is -1.35. The van der Waals surface area contributed by atoms with Crippen molar-refractivity contribution in [1.82, 2.24) is 5.32 Å². The van der Waals surface area contributed by atoms with Gasteiger partial charge in [-0.3, -0.25) is 0 Å². The van der Waals surface area contributed by atoms with Crippen LogP contribution in [0, 0.1) is 0 Å². The molecule has 1 aromatic carbocycles. The lowest BCUT2D eigenvalue weighted by molar-refractivity contribution is 0.0526. The second kappa shape index (κ2) is 5.82. The molecule has 1 aliphatic rings. The monoisotopic (exact) mass is 233 g/mol. The lowest BCUT2D eigenvalue weighted by Gasteiger charge is -2.24. The number of ether oxygens (including phenoxy) is 1. The van der Waals surface area contributed by atoms with Crippen molar-refractivity contribution in [3.63, 3.8) is 0 Å². The number of hydrogen-bond acceptors (Lipinski definition) is 3. The van der Waals surface area contributed by atoms with Crippen molar-refractivity contribution in [2.24, 2.45) is 0 Å². The minimum Gasteiger partial charge on any atom is -0.462 e. The van der Waals surface area contributed by atoms with Gasteiger partial charge in [0.2, 0.25) is 0 Å². The summed E-state index contributed by atoms with van der Waals surface area (Å²) in [6.07, 6.45) is 3.64. The van der Waals surface area contributed by atoms with Crippen molar-refractivity contribution in [3.8, 4) is 0 Å². The summed E-state index contributed by atoms with van der Waals surface area (Å²) in [4.78, 5) is 11.6. The van der Waals surface area contributed by atoms with E-state index in [1.807, 2.05) is 25.1 Å². The molecule has 1 aliphatic heterocycles. The van der Waals surface area contributed by atoms with E-state index in [-0.39, 0.29) is 5.97 Å². The molecular weight excluding hydrogens is 214 g/mol. The van der Waals surface area contributed by atoms with E-state index in [1.165, 1.54) is 18.4 Å². The fourth-order valence-electron chi connectivity index (χ4n) is 2.23. The van der Waals surface area contributed by atoms with Gasteiger partial charge in [0.25, 0.3) is 0 Å². The molecule has 17 heavy (non-hydrogen) atoms. The van der Waals surface area contributed by atoms with Crippen LogP contribution in [0.3, 0.4) is 0 Å². The third-order valence-corrected chi connectivity index (χ3v) is 3.11. The Balaban J connectivity index is 2.12. The minimum absolute atomic E-state index is 0.231. The molecule has 1 aromatic rings. The van der Waals surface area contributed by atoms with Crippen LogP contribution in [-0.4, -0.2) is 19.1 Å². The predicted octanol–water partition coefficient (Wildman–Crippen LogP) is 2.68. The normalized spacial score (nSPS) is 19.9. The quantitative estimate of drug-likeness (QED) is 0.816. The molecule has 92 valence electrons. The van der Waals surface area contributed by atoms with E-state index in [0.29, 0.717) is 18.2 Å². The topological polar surface area (TPSA) is 38.3 Å². The van der Waals surface area contributed by atoms with Crippen LogP contribution in [0.4, 0.5) is 0 Å². The second-order valence-electron chi connectivity index (χ2n) is 4.35. The lowest BCUT2D eigenvalue weighted by Crippen LogP contribution is -2.26. The zero-order chi connectivity index (χ0) is 12.1. The Morgan fingerprint density at radius 2 is 2.35 bits per heavy atom. The number of hydrogen-bond donors (Lipinski definition) is 1. The summed E-state index contributed by atoms with van der Waals surface area (Å²) < 4.78 is 5.01. The van der Waals surface area contributed by atoms with E-state index in [2.05, 4.69) is 11.4 Å². The van der Waals surface area contributed by atoms with Crippen molar-refractivity contribution in [2.45, 2.75) is 32.2 Å². The molecule has 1 atom stereocenters. The van der Waals surface area contributed by atoms with Crippen LogP contribution in [0.15, 0.2) is 24.3 Å². The highest BCUT2D eigenvalue weighted by atomic mass is 16.5. The van der Waals surface area contributed by atoms with Gasteiger partial charge in [0.1, 0.15) is 0 Å². The molecule has 1 N–H and O–H groups in total. The Bertz CT molecular complexity index is 384. The number of carbonyl (C=O) groups is 1. The molecule has 0 saturated carbocycles. The lowest BCUT2D eigenvalue weighted by atomic mass is 9.96. The maximum Gasteiger partial charge on any atom is 0.338 e. The maximum absolute atomic E-state index is 11.6. The van der Waals surface area contributed by atoms with Gasteiger partial charge in [-0.2, -0.15) is 0 Å². The first-order chi connectivity index (χ1) is 8.31.